The zero-order chi connectivity index (χ0) is 11.3. The molecule has 0 aromatic heterocycles. The Morgan fingerprint density at radius 3 is 2.53 bits per heavy atom. The van der Waals surface area contributed by atoms with Gasteiger partial charge < -0.3 is 10.4 Å². The van der Waals surface area contributed by atoms with Crippen molar-refractivity contribution in [3.63, 3.8) is 0 Å². The third-order valence-electron chi connectivity index (χ3n) is 3.07. The van der Waals surface area contributed by atoms with E-state index in [9.17, 15) is 5.11 Å². The molecule has 0 aliphatic carbocycles. The quantitative estimate of drug-likeness (QED) is 0.778. The van der Waals surface area contributed by atoms with E-state index in [1.807, 2.05) is 24.3 Å². The minimum Gasteiger partial charge on any atom is -0.392 e. The number of aliphatic hydroxyl groups excluding tert-OH is 1. The SMILES string of the molecule is CCC(C)C(C)Nc1ccccc1CO. The number of hydrogen-bond acceptors (Lipinski definition) is 2. The highest BCUT2D eigenvalue weighted by atomic mass is 16.3. The molecule has 0 heterocycles. The molecule has 2 atom stereocenters. The van der Waals surface area contributed by atoms with Crippen molar-refractivity contribution < 1.29 is 5.11 Å². The molecule has 0 fully saturated rings. The molecule has 2 heteroatoms. The summed E-state index contributed by atoms with van der Waals surface area (Å²) in [7, 11) is 0. The van der Waals surface area contributed by atoms with Crippen LogP contribution >= 0.6 is 0 Å². The lowest BCUT2D eigenvalue weighted by molar-refractivity contribution is 0.282. The van der Waals surface area contributed by atoms with Crippen LogP contribution in [0.25, 0.3) is 0 Å². The van der Waals surface area contributed by atoms with Crippen molar-refractivity contribution in [1.29, 1.82) is 0 Å². The molecular formula is C13H21NO. The second kappa shape index (κ2) is 5.76. The Balaban J connectivity index is 2.71. The zero-order valence-electron chi connectivity index (χ0n) is 9.83. The summed E-state index contributed by atoms with van der Waals surface area (Å²) in [4.78, 5) is 0. The topological polar surface area (TPSA) is 32.3 Å². The highest BCUT2D eigenvalue weighted by molar-refractivity contribution is 5.51. The molecular weight excluding hydrogens is 186 g/mol. The fraction of sp³-hybridized carbons (Fsp3) is 0.538. The fourth-order valence-electron chi connectivity index (χ4n) is 1.54. The second-order valence-corrected chi connectivity index (χ2v) is 4.13. The number of benzene rings is 1. The van der Waals surface area contributed by atoms with Crippen LogP contribution in [0, 0.1) is 5.92 Å². The highest BCUT2D eigenvalue weighted by Crippen LogP contribution is 2.19. The molecule has 0 spiro atoms. The van der Waals surface area contributed by atoms with Gasteiger partial charge in [0.1, 0.15) is 0 Å². The lowest BCUT2D eigenvalue weighted by Gasteiger charge is -2.22. The summed E-state index contributed by atoms with van der Waals surface area (Å²) in [6.45, 7) is 6.71. The minimum atomic E-state index is 0.0937. The van der Waals surface area contributed by atoms with Gasteiger partial charge in [-0.1, -0.05) is 38.5 Å². The Labute approximate surface area is 92.3 Å². The molecule has 15 heavy (non-hydrogen) atoms. The van der Waals surface area contributed by atoms with E-state index < -0.39 is 0 Å². The Bertz CT molecular complexity index is 298. The van der Waals surface area contributed by atoms with Crippen LogP contribution in [-0.2, 0) is 6.61 Å². The number of aliphatic hydroxyl groups is 1. The van der Waals surface area contributed by atoms with Crippen molar-refractivity contribution in [2.24, 2.45) is 5.92 Å². The first-order valence-electron chi connectivity index (χ1n) is 5.64. The smallest absolute Gasteiger partial charge is 0.0701 e. The molecule has 1 rings (SSSR count). The van der Waals surface area contributed by atoms with Crippen LogP contribution in [0.5, 0.6) is 0 Å². The van der Waals surface area contributed by atoms with E-state index in [2.05, 4.69) is 26.1 Å². The maximum absolute atomic E-state index is 9.19. The van der Waals surface area contributed by atoms with Gasteiger partial charge in [-0.3, -0.25) is 0 Å². The zero-order valence-corrected chi connectivity index (χ0v) is 9.83. The van der Waals surface area contributed by atoms with Gasteiger partial charge in [0.25, 0.3) is 0 Å². The Morgan fingerprint density at radius 1 is 1.27 bits per heavy atom. The molecule has 0 amide bonds. The number of nitrogens with one attached hydrogen (secondary N) is 1. The van der Waals surface area contributed by atoms with Crippen LogP contribution in [0.4, 0.5) is 5.69 Å². The van der Waals surface area contributed by atoms with Crippen LogP contribution < -0.4 is 5.32 Å². The van der Waals surface area contributed by atoms with Gasteiger partial charge in [0.2, 0.25) is 0 Å². The van der Waals surface area contributed by atoms with Gasteiger partial charge in [-0.25, -0.2) is 0 Å². The van der Waals surface area contributed by atoms with E-state index in [-0.39, 0.29) is 6.61 Å². The summed E-state index contributed by atoms with van der Waals surface area (Å²) in [6.07, 6.45) is 1.16. The molecule has 0 radical (unpaired) electrons. The monoisotopic (exact) mass is 207 g/mol. The summed E-state index contributed by atoms with van der Waals surface area (Å²) in [5.41, 5.74) is 2.01. The van der Waals surface area contributed by atoms with Gasteiger partial charge in [0.15, 0.2) is 0 Å². The van der Waals surface area contributed by atoms with Crippen LogP contribution in [-0.4, -0.2) is 11.1 Å². The van der Waals surface area contributed by atoms with E-state index in [0.29, 0.717) is 12.0 Å². The van der Waals surface area contributed by atoms with Crippen molar-refractivity contribution in [2.75, 3.05) is 5.32 Å². The van der Waals surface area contributed by atoms with E-state index >= 15 is 0 Å². The summed E-state index contributed by atoms with van der Waals surface area (Å²) in [6, 6.07) is 8.34. The highest BCUT2D eigenvalue weighted by Gasteiger charge is 2.10. The number of rotatable bonds is 5. The van der Waals surface area contributed by atoms with Crippen LogP contribution in [0.1, 0.15) is 32.8 Å². The van der Waals surface area contributed by atoms with Crippen LogP contribution in [0.15, 0.2) is 24.3 Å². The summed E-state index contributed by atoms with van der Waals surface area (Å²) in [5.74, 6) is 0.636. The minimum absolute atomic E-state index is 0.0937. The summed E-state index contributed by atoms with van der Waals surface area (Å²) in [5, 5.41) is 12.6. The molecule has 2 N–H and O–H groups in total. The van der Waals surface area contributed by atoms with Gasteiger partial charge in [-0.15, -0.1) is 0 Å². The number of anilines is 1. The van der Waals surface area contributed by atoms with E-state index in [0.717, 1.165) is 17.7 Å². The Kier molecular flexibility index (Phi) is 4.63. The van der Waals surface area contributed by atoms with Crippen molar-refractivity contribution >= 4 is 5.69 Å². The largest absolute Gasteiger partial charge is 0.392 e. The average molecular weight is 207 g/mol. The van der Waals surface area contributed by atoms with Gasteiger partial charge in [-0.05, 0) is 18.9 Å². The van der Waals surface area contributed by atoms with Crippen LogP contribution in [0.2, 0.25) is 0 Å². The Hall–Kier alpha value is -1.02. The summed E-state index contributed by atoms with van der Waals surface area (Å²) >= 11 is 0. The third-order valence-corrected chi connectivity index (χ3v) is 3.07. The van der Waals surface area contributed by atoms with Gasteiger partial charge in [0.05, 0.1) is 6.61 Å². The second-order valence-electron chi connectivity index (χ2n) is 4.13. The first-order chi connectivity index (χ1) is 7.19. The van der Waals surface area contributed by atoms with Crippen molar-refractivity contribution in [2.45, 2.75) is 39.8 Å². The lowest BCUT2D eigenvalue weighted by Crippen LogP contribution is -2.23. The van der Waals surface area contributed by atoms with E-state index in [1.54, 1.807) is 0 Å². The average Bonchev–Trinajstić information content (AvgIpc) is 2.28. The maximum Gasteiger partial charge on any atom is 0.0701 e. The first kappa shape index (κ1) is 12.1. The molecule has 84 valence electrons. The molecule has 1 aromatic carbocycles. The molecule has 0 aliphatic heterocycles. The standard InChI is InChI=1S/C13H21NO/c1-4-10(2)11(3)14-13-8-6-5-7-12(13)9-15/h5-8,10-11,14-15H,4,9H2,1-3H3. The number of hydrogen-bond donors (Lipinski definition) is 2. The molecule has 2 unspecified atom stereocenters. The van der Waals surface area contributed by atoms with Crippen LogP contribution in [0.3, 0.4) is 0 Å². The lowest BCUT2D eigenvalue weighted by atomic mass is 10.00. The van der Waals surface area contributed by atoms with Gasteiger partial charge in [-0.2, -0.15) is 0 Å². The molecule has 0 saturated heterocycles. The van der Waals surface area contributed by atoms with Crippen molar-refractivity contribution in [3.05, 3.63) is 29.8 Å². The van der Waals surface area contributed by atoms with Gasteiger partial charge in [0, 0.05) is 17.3 Å². The van der Waals surface area contributed by atoms with E-state index in [1.165, 1.54) is 0 Å². The van der Waals surface area contributed by atoms with Crippen molar-refractivity contribution in [3.8, 4) is 0 Å². The molecule has 0 aliphatic rings. The molecule has 0 saturated carbocycles. The maximum atomic E-state index is 9.19. The fourth-order valence-corrected chi connectivity index (χ4v) is 1.54. The van der Waals surface area contributed by atoms with E-state index in [4.69, 9.17) is 0 Å². The third kappa shape index (κ3) is 3.24. The molecule has 2 nitrogen and oxygen atoms in total. The predicted molar refractivity (Wildman–Crippen MR) is 64.9 cm³/mol. The van der Waals surface area contributed by atoms with Crippen molar-refractivity contribution in [1.82, 2.24) is 0 Å². The first-order valence-corrected chi connectivity index (χ1v) is 5.64. The molecule has 1 aromatic rings. The normalized spacial score (nSPS) is 14.7. The predicted octanol–water partition coefficient (Wildman–Crippen LogP) is 3.03. The number of para-hydroxylation sites is 1. The Morgan fingerprint density at radius 2 is 1.93 bits per heavy atom. The molecule has 0 bridgehead atoms. The summed E-state index contributed by atoms with van der Waals surface area (Å²) < 4.78 is 0. The van der Waals surface area contributed by atoms with Gasteiger partial charge >= 0.3 is 0 Å².